The molecule has 0 aromatic heterocycles. The van der Waals surface area contributed by atoms with E-state index < -0.39 is 10.2 Å². The van der Waals surface area contributed by atoms with E-state index in [1.807, 2.05) is 30.3 Å². The van der Waals surface area contributed by atoms with Gasteiger partial charge in [-0.05, 0) is 12.0 Å². The van der Waals surface area contributed by atoms with Gasteiger partial charge in [-0.15, -0.1) is 11.6 Å². The lowest BCUT2D eigenvalue weighted by Crippen LogP contribution is -2.44. The van der Waals surface area contributed by atoms with E-state index in [9.17, 15) is 8.42 Å². The second-order valence-electron chi connectivity index (χ2n) is 3.95. The average Bonchev–Trinajstić information content (AvgIpc) is 2.29. The molecule has 1 rings (SSSR count). The first kappa shape index (κ1) is 14.4. The molecule has 0 aliphatic heterocycles. The third-order valence-corrected chi connectivity index (χ3v) is 4.27. The number of nitrogens with one attached hydrogen (secondary N) is 1. The van der Waals surface area contributed by atoms with Crippen molar-refractivity contribution in [2.75, 3.05) is 20.0 Å². The highest BCUT2D eigenvalue weighted by Gasteiger charge is 2.19. The maximum atomic E-state index is 11.6. The van der Waals surface area contributed by atoms with Crippen molar-refractivity contribution in [3.63, 3.8) is 0 Å². The first-order valence-electron chi connectivity index (χ1n) is 5.25. The molecular weight excluding hydrogens is 260 g/mol. The number of benzene rings is 1. The van der Waals surface area contributed by atoms with Gasteiger partial charge in [0.25, 0.3) is 10.2 Å². The van der Waals surface area contributed by atoms with Gasteiger partial charge in [-0.1, -0.05) is 30.3 Å². The average molecular weight is 277 g/mol. The summed E-state index contributed by atoms with van der Waals surface area (Å²) in [6.45, 7) is 0. The van der Waals surface area contributed by atoms with Gasteiger partial charge in [-0.2, -0.15) is 17.4 Å². The van der Waals surface area contributed by atoms with E-state index >= 15 is 0 Å². The molecule has 1 atom stereocenters. The van der Waals surface area contributed by atoms with Crippen molar-refractivity contribution in [2.24, 2.45) is 0 Å². The van der Waals surface area contributed by atoms with Crippen LogP contribution in [0.25, 0.3) is 0 Å². The lowest BCUT2D eigenvalue weighted by molar-refractivity contribution is 0.491. The summed E-state index contributed by atoms with van der Waals surface area (Å²) in [5, 5.41) is 0. The topological polar surface area (TPSA) is 49.4 Å². The Morgan fingerprint density at radius 2 is 1.88 bits per heavy atom. The van der Waals surface area contributed by atoms with Crippen molar-refractivity contribution < 1.29 is 8.42 Å². The number of halogens is 1. The second-order valence-corrected chi connectivity index (χ2v) is 6.17. The zero-order valence-electron chi connectivity index (χ0n) is 9.93. The molecule has 1 aromatic carbocycles. The van der Waals surface area contributed by atoms with E-state index in [0.717, 1.165) is 9.87 Å². The Balaban J connectivity index is 2.68. The van der Waals surface area contributed by atoms with Crippen molar-refractivity contribution >= 4 is 21.8 Å². The molecule has 1 aromatic rings. The zero-order chi connectivity index (χ0) is 12.9. The molecule has 0 saturated carbocycles. The maximum absolute atomic E-state index is 11.6. The number of hydrogen-bond acceptors (Lipinski definition) is 2. The Bertz CT molecular complexity index is 434. The van der Waals surface area contributed by atoms with Gasteiger partial charge in [-0.25, -0.2) is 0 Å². The van der Waals surface area contributed by atoms with Crippen LogP contribution in [0.5, 0.6) is 0 Å². The quantitative estimate of drug-likeness (QED) is 0.795. The predicted octanol–water partition coefficient (Wildman–Crippen LogP) is 1.23. The van der Waals surface area contributed by atoms with Gasteiger partial charge in [-0.3, -0.25) is 0 Å². The summed E-state index contributed by atoms with van der Waals surface area (Å²) in [4.78, 5) is 0. The maximum Gasteiger partial charge on any atom is 0.279 e. The van der Waals surface area contributed by atoms with Gasteiger partial charge >= 0.3 is 0 Å². The van der Waals surface area contributed by atoms with Crippen molar-refractivity contribution in [3.8, 4) is 0 Å². The molecule has 6 heteroatoms. The summed E-state index contributed by atoms with van der Waals surface area (Å²) < 4.78 is 27.0. The van der Waals surface area contributed by atoms with Crippen molar-refractivity contribution in [3.05, 3.63) is 35.9 Å². The lowest BCUT2D eigenvalue weighted by atomic mass is 10.1. The Morgan fingerprint density at radius 1 is 1.29 bits per heavy atom. The monoisotopic (exact) mass is 276 g/mol. The van der Waals surface area contributed by atoms with Crippen LogP contribution in [-0.2, 0) is 16.6 Å². The van der Waals surface area contributed by atoms with Crippen molar-refractivity contribution in [1.29, 1.82) is 0 Å². The number of nitrogens with zero attached hydrogens (tertiary/aromatic N) is 1. The van der Waals surface area contributed by atoms with Crippen LogP contribution in [0.1, 0.15) is 5.56 Å². The molecule has 0 heterocycles. The minimum Gasteiger partial charge on any atom is -0.198 e. The van der Waals surface area contributed by atoms with E-state index in [0.29, 0.717) is 6.42 Å². The standard InChI is InChI=1S/C11H17ClN2O2S/c1-14(2)17(15,16)13-11(9-12)8-10-6-4-3-5-7-10/h3-7,11,13H,8-9H2,1-2H3. The van der Waals surface area contributed by atoms with Crippen LogP contribution < -0.4 is 4.72 Å². The molecule has 0 aliphatic rings. The molecule has 0 radical (unpaired) electrons. The third kappa shape index (κ3) is 4.63. The summed E-state index contributed by atoms with van der Waals surface area (Å²) >= 11 is 5.78. The van der Waals surface area contributed by atoms with Gasteiger partial charge in [0.15, 0.2) is 0 Å². The van der Waals surface area contributed by atoms with Crippen LogP contribution in [0, 0.1) is 0 Å². The number of hydrogen-bond donors (Lipinski definition) is 1. The number of alkyl halides is 1. The summed E-state index contributed by atoms with van der Waals surface area (Å²) in [6.07, 6.45) is 0.581. The van der Waals surface area contributed by atoms with E-state index in [2.05, 4.69) is 4.72 Å². The minimum atomic E-state index is -3.43. The predicted molar refractivity (Wildman–Crippen MR) is 70.4 cm³/mol. The van der Waals surface area contributed by atoms with E-state index in [-0.39, 0.29) is 11.9 Å². The number of rotatable bonds is 6. The molecule has 17 heavy (non-hydrogen) atoms. The van der Waals surface area contributed by atoms with Crippen LogP contribution in [0.2, 0.25) is 0 Å². The summed E-state index contributed by atoms with van der Waals surface area (Å²) in [6, 6.07) is 9.35. The summed E-state index contributed by atoms with van der Waals surface area (Å²) in [5.41, 5.74) is 1.06. The zero-order valence-corrected chi connectivity index (χ0v) is 11.5. The first-order chi connectivity index (χ1) is 7.95. The third-order valence-electron chi connectivity index (χ3n) is 2.31. The molecule has 0 bridgehead atoms. The molecular formula is C11H17ClN2O2S. The van der Waals surface area contributed by atoms with E-state index in [1.54, 1.807) is 0 Å². The van der Waals surface area contributed by atoms with Crippen LogP contribution in [0.15, 0.2) is 30.3 Å². The minimum absolute atomic E-state index is 0.238. The van der Waals surface area contributed by atoms with Crippen LogP contribution in [-0.4, -0.2) is 38.7 Å². The molecule has 0 aliphatic carbocycles. The Morgan fingerprint density at radius 3 is 2.35 bits per heavy atom. The lowest BCUT2D eigenvalue weighted by Gasteiger charge is -2.19. The van der Waals surface area contributed by atoms with Gasteiger partial charge < -0.3 is 0 Å². The summed E-state index contributed by atoms with van der Waals surface area (Å²) in [7, 11) is -0.466. The molecule has 0 fully saturated rings. The van der Waals surface area contributed by atoms with Crippen LogP contribution in [0.3, 0.4) is 0 Å². The smallest absolute Gasteiger partial charge is 0.198 e. The van der Waals surface area contributed by atoms with Gasteiger partial charge in [0.05, 0.1) is 0 Å². The fourth-order valence-electron chi connectivity index (χ4n) is 1.34. The molecule has 0 saturated heterocycles. The highest BCUT2D eigenvalue weighted by Crippen LogP contribution is 2.06. The molecule has 1 N–H and O–H groups in total. The van der Waals surface area contributed by atoms with Gasteiger partial charge in [0.2, 0.25) is 0 Å². The molecule has 0 amide bonds. The van der Waals surface area contributed by atoms with E-state index in [4.69, 9.17) is 11.6 Å². The fraction of sp³-hybridized carbons (Fsp3) is 0.455. The highest BCUT2D eigenvalue weighted by atomic mass is 35.5. The highest BCUT2D eigenvalue weighted by molar-refractivity contribution is 7.87. The van der Waals surface area contributed by atoms with Crippen LogP contribution >= 0.6 is 11.6 Å². The molecule has 96 valence electrons. The molecule has 1 unspecified atom stereocenters. The Hall–Kier alpha value is -0.620. The van der Waals surface area contributed by atoms with Gasteiger partial charge in [0, 0.05) is 26.0 Å². The SMILES string of the molecule is CN(C)S(=O)(=O)NC(CCl)Cc1ccccc1. The van der Waals surface area contributed by atoms with Crippen LogP contribution in [0.4, 0.5) is 0 Å². The largest absolute Gasteiger partial charge is 0.279 e. The first-order valence-corrected chi connectivity index (χ1v) is 7.23. The molecule has 4 nitrogen and oxygen atoms in total. The fourth-order valence-corrected chi connectivity index (χ4v) is 2.42. The summed E-state index contributed by atoms with van der Waals surface area (Å²) in [5.74, 6) is 0.238. The normalized spacial score (nSPS) is 13.9. The van der Waals surface area contributed by atoms with Crippen molar-refractivity contribution in [2.45, 2.75) is 12.5 Å². The van der Waals surface area contributed by atoms with E-state index in [1.165, 1.54) is 14.1 Å². The second kappa shape index (κ2) is 6.35. The molecule has 0 spiro atoms. The van der Waals surface area contributed by atoms with Gasteiger partial charge in [0.1, 0.15) is 0 Å². The van der Waals surface area contributed by atoms with Crippen molar-refractivity contribution in [1.82, 2.24) is 9.03 Å². The Labute approximate surface area is 108 Å². The Kier molecular flexibility index (Phi) is 5.39.